The van der Waals surface area contributed by atoms with Gasteiger partial charge in [0, 0.05) is 28.2 Å². The van der Waals surface area contributed by atoms with Crippen molar-refractivity contribution in [2.45, 2.75) is 13.8 Å². The average Bonchev–Trinajstić information content (AvgIpc) is 3.54. The van der Waals surface area contributed by atoms with Gasteiger partial charge in [0.2, 0.25) is 0 Å². The Balaban J connectivity index is 1.30. The third kappa shape index (κ3) is 5.07. The van der Waals surface area contributed by atoms with Gasteiger partial charge in [-0.25, -0.2) is 0 Å². The average molecular weight is 653 g/mol. The van der Waals surface area contributed by atoms with Crippen LogP contribution in [0.1, 0.15) is 25.0 Å². The number of hydrogen-bond donors (Lipinski definition) is 0. The molecule has 8 aromatic carbocycles. The minimum absolute atomic E-state index is 0.918. The summed E-state index contributed by atoms with van der Waals surface area (Å²) in [7, 11) is 0. The summed E-state index contributed by atoms with van der Waals surface area (Å²) < 4.78 is 2.41. The van der Waals surface area contributed by atoms with Gasteiger partial charge in [0.25, 0.3) is 0 Å². The number of fused-ring (bicyclic) bond motifs is 7. The highest BCUT2D eigenvalue weighted by Crippen LogP contribution is 2.42. The smallest absolute Gasteiger partial charge is 0.0720 e. The highest BCUT2D eigenvalue weighted by molar-refractivity contribution is 6.26. The molecule has 0 bridgehead atoms. The first-order valence-electron chi connectivity index (χ1n) is 17.6. The number of aromatic nitrogens is 1. The van der Waals surface area contributed by atoms with E-state index in [1.165, 1.54) is 65.3 Å². The molecule has 1 heterocycles. The molecule has 0 fully saturated rings. The fourth-order valence-electron chi connectivity index (χ4n) is 7.95. The summed E-state index contributed by atoms with van der Waals surface area (Å²) in [6.45, 7) is 4.26. The lowest BCUT2D eigenvalue weighted by molar-refractivity contribution is 1.18. The molecule has 0 spiro atoms. The van der Waals surface area contributed by atoms with Crippen molar-refractivity contribution in [3.8, 4) is 16.8 Å². The van der Waals surface area contributed by atoms with Gasteiger partial charge < -0.3 is 4.57 Å². The molecule has 0 N–H and O–H groups in total. The fraction of sp³-hybridized carbons (Fsp3) is 0.0408. The second-order valence-electron chi connectivity index (χ2n) is 13.1. The Kier molecular flexibility index (Phi) is 7.63. The van der Waals surface area contributed by atoms with E-state index in [-0.39, 0.29) is 0 Å². The summed E-state index contributed by atoms with van der Waals surface area (Å²) in [5.41, 5.74) is 10.3. The van der Waals surface area contributed by atoms with Crippen molar-refractivity contribution in [2.75, 3.05) is 0 Å². The van der Waals surface area contributed by atoms with Crippen molar-refractivity contribution in [3.63, 3.8) is 0 Å². The molecular formula is C49H36N2. The summed E-state index contributed by atoms with van der Waals surface area (Å²) in [6, 6.07) is 58.8. The standard InChI is InChI=1S/C49H36N2/c1-3-17-44(42-28-16-29-43-48-37-23-11-10-18-34(37)30-31-45(48)51(49(42)43)36-21-8-5-9-22-36)50-32-33(2)46-38-24-12-14-26-40(38)47(35-19-6-4-7-20-35)41-27-15-13-25-39(41)46/h3-32H,1-2H3/b17-3-,33-32+,50-44+. The van der Waals surface area contributed by atoms with Crippen molar-refractivity contribution in [2.24, 2.45) is 4.99 Å². The maximum atomic E-state index is 5.33. The first-order chi connectivity index (χ1) is 25.2. The Morgan fingerprint density at radius 3 is 1.82 bits per heavy atom. The van der Waals surface area contributed by atoms with Gasteiger partial charge in [0.05, 0.1) is 16.7 Å². The van der Waals surface area contributed by atoms with Crippen LogP contribution in [0.3, 0.4) is 0 Å². The van der Waals surface area contributed by atoms with Crippen LogP contribution in [0.15, 0.2) is 187 Å². The monoisotopic (exact) mass is 652 g/mol. The highest BCUT2D eigenvalue weighted by Gasteiger charge is 2.20. The molecular weight excluding hydrogens is 617 g/mol. The van der Waals surface area contributed by atoms with E-state index in [1.54, 1.807) is 0 Å². The zero-order valence-electron chi connectivity index (χ0n) is 28.7. The van der Waals surface area contributed by atoms with Gasteiger partial charge in [0.15, 0.2) is 0 Å². The Bertz CT molecular complexity index is 2790. The molecule has 0 saturated heterocycles. The summed E-state index contributed by atoms with van der Waals surface area (Å²) in [6.07, 6.45) is 6.29. The van der Waals surface area contributed by atoms with Crippen LogP contribution in [0.5, 0.6) is 0 Å². The van der Waals surface area contributed by atoms with Crippen molar-refractivity contribution >= 4 is 65.4 Å². The first kappa shape index (κ1) is 30.5. The molecule has 0 unspecified atom stereocenters. The molecule has 2 heteroatoms. The zero-order chi connectivity index (χ0) is 34.3. The SMILES string of the molecule is C\C=C/C(=N\C=C(/C)c1c2ccccc2c(-c2ccccc2)c2ccccc12)c1cccc2c3c4ccccc4ccc3n(-c3ccccc3)c12. The largest absolute Gasteiger partial charge is 0.309 e. The van der Waals surface area contributed by atoms with Crippen molar-refractivity contribution in [1.82, 2.24) is 4.57 Å². The number of para-hydroxylation sites is 2. The summed E-state index contributed by atoms with van der Waals surface area (Å²) in [5, 5.41) is 9.91. The lowest BCUT2D eigenvalue weighted by atomic mass is 9.86. The fourth-order valence-corrected chi connectivity index (χ4v) is 7.95. The molecule has 9 aromatic rings. The van der Waals surface area contributed by atoms with Crippen molar-refractivity contribution < 1.29 is 0 Å². The second-order valence-corrected chi connectivity index (χ2v) is 13.1. The van der Waals surface area contributed by atoms with Crippen LogP contribution in [0.2, 0.25) is 0 Å². The number of hydrogen-bond acceptors (Lipinski definition) is 1. The van der Waals surface area contributed by atoms with Crippen LogP contribution in [0.4, 0.5) is 0 Å². The van der Waals surface area contributed by atoms with Gasteiger partial charge in [-0.2, -0.15) is 0 Å². The molecule has 0 aliphatic rings. The zero-order valence-corrected chi connectivity index (χ0v) is 28.7. The lowest BCUT2D eigenvalue weighted by Gasteiger charge is -2.17. The Labute approximate surface area is 298 Å². The third-order valence-electron chi connectivity index (χ3n) is 10.1. The molecule has 2 nitrogen and oxygen atoms in total. The van der Waals surface area contributed by atoms with Gasteiger partial charge in [-0.1, -0.05) is 152 Å². The van der Waals surface area contributed by atoms with Gasteiger partial charge in [-0.15, -0.1) is 0 Å². The number of aliphatic imine (C=N–C) groups is 1. The molecule has 0 aliphatic carbocycles. The molecule has 9 rings (SSSR count). The molecule has 51 heavy (non-hydrogen) atoms. The van der Waals surface area contributed by atoms with Crippen LogP contribution in [-0.2, 0) is 0 Å². The number of benzene rings is 8. The van der Waals surface area contributed by atoms with E-state index in [0.29, 0.717) is 0 Å². The van der Waals surface area contributed by atoms with Gasteiger partial charge in [-0.05, 0) is 92.7 Å². The molecule has 0 amide bonds. The molecule has 0 aliphatic heterocycles. The van der Waals surface area contributed by atoms with Crippen LogP contribution >= 0.6 is 0 Å². The topological polar surface area (TPSA) is 17.3 Å². The summed E-state index contributed by atoms with van der Waals surface area (Å²) in [4.78, 5) is 5.33. The Morgan fingerprint density at radius 2 is 1.14 bits per heavy atom. The molecule has 0 saturated carbocycles. The van der Waals surface area contributed by atoms with E-state index in [0.717, 1.165) is 28.1 Å². The predicted octanol–water partition coefficient (Wildman–Crippen LogP) is 13.3. The Hall–Kier alpha value is -6.51. The molecule has 0 radical (unpaired) electrons. The maximum Gasteiger partial charge on any atom is 0.0720 e. The molecule has 242 valence electrons. The van der Waals surface area contributed by atoms with Crippen molar-refractivity contribution in [3.05, 3.63) is 193 Å². The van der Waals surface area contributed by atoms with E-state index < -0.39 is 0 Å². The van der Waals surface area contributed by atoms with Crippen LogP contribution in [-0.4, -0.2) is 10.3 Å². The van der Waals surface area contributed by atoms with Gasteiger partial charge >= 0.3 is 0 Å². The van der Waals surface area contributed by atoms with E-state index >= 15 is 0 Å². The lowest BCUT2D eigenvalue weighted by Crippen LogP contribution is -2.02. The summed E-state index contributed by atoms with van der Waals surface area (Å²) in [5.74, 6) is 0. The predicted molar refractivity (Wildman–Crippen MR) is 220 cm³/mol. The van der Waals surface area contributed by atoms with E-state index in [1.807, 2.05) is 0 Å². The number of nitrogens with zero attached hydrogens (tertiary/aromatic N) is 2. The molecule has 1 aromatic heterocycles. The van der Waals surface area contributed by atoms with E-state index in [9.17, 15) is 0 Å². The maximum absolute atomic E-state index is 5.33. The molecule has 0 atom stereocenters. The quantitative estimate of drug-likeness (QED) is 0.126. The Morgan fingerprint density at radius 1 is 0.549 bits per heavy atom. The number of rotatable bonds is 6. The minimum atomic E-state index is 0.918. The van der Waals surface area contributed by atoms with Gasteiger partial charge in [0.1, 0.15) is 0 Å². The highest BCUT2D eigenvalue weighted by atomic mass is 15.0. The summed E-state index contributed by atoms with van der Waals surface area (Å²) >= 11 is 0. The van der Waals surface area contributed by atoms with E-state index in [2.05, 4.69) is 201 Å². The second kappa shape index (κ2) is 12.7. The van der Waals surface area contributed by atoms with E-state index in [4.69, 9.17) is 4.99 Å². The third-order valence-corrected chi connectivity index (χ3v) is 10.1. The normalized spacial score (nSPS) is 12.7. The number of allylic oxidation sites excluding steroid dienone is 3. The van der Waals surface area contributed by atoms with Crippen LogP contribution < -0.4 is 0 Å². The first-order valence-corrected chi connectivity index (χ1v) is 17.6. The van der Waals surface area contributed by atoms with Crippen LogP contribution in [0, 0.1) is 0 Å². The van der Waals surface area contributed by atoms with Crippen LogP contribution in [0.25, 0.3) is 76.5 Å². The van der Waals surface area contributed by atoms with Gasteiger partial charge in [-0.3, -0.25) is 4.99 Å². The van der Waals surface area contributed by atoms with Crippen molar-refractivity contribution in [1.29, 1.82) is 0 Å². The minimum Gasteiger partial charge on any atom is -0.309 e.